The number of benzene rings is 2. The number of thioether (sulfide) groups is 1. The van der Waals surface area contributed by atoms with Crippen LogP contribution in [0.3, 0.4) is 0 Å². The zero-order valence-electron chi connectivity index (χ0n) is 19.8. The number of aromatic nitrogens is 1. The first kappa shape index (κ1) is 25.3. The zero-order chi connectivity index (χ0) is 26.6. The fourth-order valence-corrected chi connectivity index (χ4v) is 8.08. The molecule has 3 aliphatic heterocycles. The summed E-state index contributed by atoms with van der Waals surface area (Å²) in [5.74, 6) is -2.91. The number of morpholine rings is 1. The third-order valence-corrected chi connectivity index (χ3v) is 9.88. The standard InChI is InChI=1S/C26H21ClFN3O5S2/c27-15-3-1-14(2-4-15)19-20-21(24(34)31(23(20)33)17-7-5-16(28)6-8-17)37-25-22(19)38-26(35)30(25)13-18(32)29-9-11-36-12-10-29/h1-8,19-21H,9-13H2. The molecule has 38 heavy (non-hydrogen) atoms. The number of carbonyl (C=O) groups is 3. The molecule has 3 amide bonds. The number of hydrogen-bond acceptors (Lipinski definition) is 7. The van der Waals surface area contributed by atoms with E-state index in [1.807, 2.05) is 0 Å². The highest BCUT2D eigenvalue weighted by Crippen LogP contribution is 2.53. The minimum Gasteiger partial charge on any atom is -0.378 e. The van der Waals surface area contributed by atoms with E-state index in [2.05, 4.69) is 0 Å². The van der Waals surface area contributed by atoms with E-state index >= 15 is 0 Å². The van der Waals surface area contributed by atoms with Crippen LogP contribution >= 0.6 is 34.7 Å². The van der Waals surface area contributed by atoms with Crippen molar-refractivity contribution in [3.8, 4) is 0 Å². The molecule has 1 aromatic heterocycles. The summed E-state index contributed by atoms with van der Waals surface area (Å²) in [5.41, 5.74) is 1.02. The van der Waals surface area contributed by atoms with Crippen LogP contribution in [0.4, 0.5) is 10.1 Å². The maximum Gasteiger partial charge on any atom is 0.308 e. The molecular formula is C26H21ClFN3O5S2. The predicted octanol–water partition coefficient (Wildman–Crippen LogP) is 3.36. The second kappa shape index (κ2) is 9.96. The number of fused-ring (bicyclic) bond motifs is 2. The van der Waals surface area contributed by atoms with Crippen LogP contribution in [0.5, 0.6) is 0 Å². The third-order valence-electron chi connectivity index (χ3n) is 7.02. The molecule has 0 saturated carbocycles. The quantitative estimate of drug-likeness (QED) is 0.445. The molecule has 0 N–H and O–H groups in total. The number of rotatable bonds is 4. The Hall–Kier alpha value is -2.99. The molecule has 6 rings (SSSR count). The lowest BCUT2D eigenvalue weighted by Gasteiger charge is -2.31. The van der Waals surface area contributed by atoms with Crippen molar-refractivity contribution in [2.75, 3.05) is 31.2 Å². The fourth-order valence-electron chi connectivity index (χ4n) is 5.18. The average molecular weight is 574 g/mol. The normalized spacial score (nSPS) is 22.9. The van der Waals surface area contributed by atoms with Gasteiger partial charge in [0.1, 0.15) is 17.6 Å². The third kappa shape index (κ3) is 4.27. The molecule has 2 fully saturated rings. The van der Waals surface area contributed by atoms with Crippen molar-refractivity contribution in [2.24, 2.45) is 5.92 Å². The van der Waals surface area contributed by atoms with Gasteiger partial charge >= 0.3 is 4.87 Å². The number of imide groups is 1. The first-order valence-electron chi connectivity index (χ1n) is 12.0. The van der Waals surface area contributed by atoms with E-state index in [1.54, 1.807) is 29.2 Å². The Morgan fingerprint density at radius 1 is 1.00 bits per heavy atom. The van der Waals surface area contributed by atoms with Crippen molar-refractivity contribution in [3.63, 3.8) is 0 Å². The SMILES string of the molecule is O=C(Cn1c2c(sc1=O)C(c1ccc(Cl)cc1)C1C(=O)N(c3ccc(F)cc3)C(=O)C1S2)N1CCOCC1. The molecular weight excluding hydrogens is 553 g/mol. The molecule has 0 spiro atoms. The summed E-state index contributed by atoms with van der Waals surface area (Å²) < 4.78 is 20.3. The Morgan fingerprint density at radius 2 is 1.68 bits per heavy atom. The maximum atomic E-state index is 13.8. The van der Waals surface area contributed by atoms with E-state index < -0.39 is 34.7 Å². The molecule has 3 aliphatic rings. The Balaban J connectivity index is 1.43. The van der Waals surface area contributed by atoms with Crippen molar-refractivity contribution in [1.29, 1.82) is 0 Å². The van der Waals surface area contributed by atoms with Crippen molar-refractivity contribution < 1.29 is 23.5 Å². The topological polar surface area (TPSA) is 88.9 Å². The molecule has 3 atom stereocenters. The molecule has 12 heteroatoms. The van der Waals surface area contributed by atoms with Gasteiger partial charge in [0.15, 0.2) is 0 Å². The summed E-state index contributed by atoms with van der Waals surface area (Å²) in [6.45, 7) is 1.62. The number of amides is 3. The van der Waals surface area contributed by atoms with Gasteiger partial charge in [-0.05, 0) is 42.0 Å². The zero-order valence-corrected chi connectivity index (χ0v) is 22.2. The first-order valence-corrected chi connectivity index (χ1v) is 14.1. The van der Waals surface area contributed by atoms with Gasteiger partial charge in [-0.2, -0.15) is 0 Å². The van der Waals surface area contributed by atoms with Crippen LogP contribution in [0.1, 0.15) is 16.4 Å². The molecule has 196 valence electrons. The summed E-state index contributed by atoms with van der Waals surface area (Å²) >= 11 is 8.26. The number of hydrogen-bond donors (Lipinski definition) is 0. The maximum absolute atomic E-state index is 13.8. The lowest BCUT2D eigenvalue weighted by Crippen LogP contribution is -2.43. The van der Waals surface area contributed by atoms with E-state index in [0.29, 0.717) is 41.2 Å². The molecule has 0 aliphatic carbocycles. The number of thiazole rings is 1. The van der Waals surface area contributed by atoms with Crippen LogP contribution in [0, 0.1) is 11.7 Å². The Kier molecular flexibility index (Phi) is 6.63. The number of halogens is 2. The Bertz CT molecular complexity index is 1480. The van der Waals surface area contributed by atoms with Gasteiger partial charge in [0.25, 0.3) is 0 Å². The van der Waals surface area contributed by atoms with Crippen LogP contribution in [-0.2, 0) is 25.7 Å². The lowest BCUT2D eigenvalue weighted by atomic mass is 9.83. The predicted molar refractivity (Wildman–Crippen MR) is 141 cm³/mol. The summed E-state index contributed by atoms with van der Waals surface area (Å²) in [6.07, 6.45) is 0. The van der Waals surface area contributed by atoms with Gasteiger partial charge in [-0.15, -0.1) is 0 Å². The smallest absolute Gasteiger partial charge is 0.308 e. The lowest BCUT2D eigenvalue weighted by molar-refractivity contribution is -0.136. The van der Waals surface area contributed by atoms with Gasteiger partial charge in [0.05, 0.1) is 29.8 Å². The van der Waals surface area contributed by atoms with Crippen LogP contribution in [0.15, 0.2) is 58.4 Å². The van der Waals surface area contributed by atoms with E-state index in [9.17, 15) is 23.6 Å². The largest absolute Gasteiger partial charge is 0.378 e. The first-order chi connectivity index (χ1) is 18.3. The van der Waals surface area contributed by atoms with Crippen molar-refractivity contribution in [2.45, 2.75) is 22.7 Å². The highest BCUT2D eigenvalue weighted by Gasteiger charge is 2.56. The Labute approximate surface area is 229 Å². The average Bonchev–Trinajstić information content (AvgIpc) is 3.36. The van der Waals surface area contributed by atoms with Gasteiger partial charge in [0, 0.05) is 28.9 Å². The van der Waals surface area contributed by atoms with Gasteiger partial charge in [0.2, 0.25) is 17.7 Å². The van der Waals surface area contributed by atoms with Gasteiger partial charge < -0.3 is 9.64 Å². The molecule has 2 saturated heterocycles. The second-order valence-electron chi connectivity index (χ2n) is 9.20. The summed E-state index contributed by atoms with van der Waals surface area (Å²) in [4.78, 5) is 56.8. The van der Waals surface area contributed by atoms with Crippen molar-refractivity contribution in [3.05, 3.63) is 79.5 Å². The summed E-state index contributed by atoms with van der Waals surface area (Å²) in [7, 11) is 0. The van der Waals surface area contributed by atoms with Crippen molar-refractivity contribution in [1.82, 2.24) is 9.47 Å². The Morgan fingerprint density at radius 3 is 2.37 bits per heavy atom. The minimum absolute atomic E-state index is 0.161. The van der Waals surface area contributed by atoms with Crippen LogP contribution < -0.4 is 9.77 Å². The number of ether oxygens (including phenoxy) is 1. The fraction of sp³-hybridized carbons (Fsp3) is 0.308. The van der Waals surface area contributed by atoms with E-state index in [-0.39, 0.29) is 23.0 Å². The van der Waals surface area contributed by atoms with Crippen LogP contribution in [0.25, 0.3) is 0 Å². The summed E-state index contributed by atoms with van der Waals surface area (Å²) in [6, 6.07) is 12.2. The molecule has 3 unspecified atom stereocenters. The number of anilines is 1. The highest BCUT2D eigenvalue weighted by molar-refractivity contribution is 8.00. The molecule has 4 heterocycles. The van der Waals surface area contributed by atoms with Crippen molar-refractivity contribution >= 4 is 58.1 Å². The van der Waals surface area contributed by atoms with E-state index in [1.165, 1.54) is 28.8 Å². The van der Waals surface area contributed by atoms with E-state index in [0.717, 1.165) is 33.6 Å². The number of carbonyl (C=O) groups excluding carboxylic acids is 3. The highest BCUT2D eigenvalue weighted by atomic mass is 35.5. The molecule has 3 aromatic rings. The molecule has 0 radical (unpaired) electrons. The van der Waals surface area contributed by atoms with Crippen LogP contribution in [-0.4, -0.2) is 58.7 Å². The van der Waals surface area contributed by atoms with Gasteiger partial charge in [-0.25, -0.2) is 9.29 Å². The monoisotopic (exact) mass is 573 g/mol. The molecule has 2 aromatic carbocycles. The van der Waals surface area contributed by atoms with Gasteiger partial charge in [-0.1, -0.05) is 46.8 Å². The molecule has 8 nitrogen and oxygen atoms in total. The van der Waals surface area contributed by atoms with E-state index in [4.69, 9.17) is 16.3 Å². The summed E-state index contributed by atoms with van der Waals surface area (Å²) in [5, 5.41) is 0.212. The van der Waals surface area contributed by atoms with Gasteiger partial charge in [-0.3, -0.25) is 23.7 Å². The minimum atomic E-state index is -0.820. The van der Waals surface area contributed by atoms with Crippen LogP contribution in [0.2, 0.25) is 5.02 Å². The molecule has 0 bridgehead atoms. The second-order valence-corrected chi connectivity index (χ2v) is 11.8. The number of nitrogens with zero attached hydrogens (tertiary/aromatic N) is 3.